The van der Waals surface area contributed by atoms with Gasteiger partial charge >= 0.3 is 5.97 Å². The monoisotopic (exact) mass is 258 g/mol. The highest BCUT2D eigenvalue weighted by Crippen LogP contribution is 2.32. The Kier molecular flexibility index (Phi) is 3.23. The van der Waals surface area contributed by atoms with Crippen LogP contribution in [0.4, 0.5) is 0 Å². The second-order valence-corrected chi connectivity index (χ2v) is 5.01. The smallest absolute Gasteiger partial charge is 0.338 e. The van der Waals surface area contributed by atoms with Gasteiger partial charge in [-0.3, -0.25) is 0 Å². The van der Waals surface area contributed by atoms with E-state index in [1.54, 1.807) is 0 Å². The summed E-state index contributed by atoms with van der Waals surface area (Å²) in [5.41, 5.74) is 2.56. The van der Waals surface area contributed by atoms with Crippen molar-refractivity contribution in [1.82, 2.24) is 9.55 Å². The van der Waals surface area contributed by atoms with Crippen LogP contribution in [0.3, 0.4) is 0 Å². The van der Waals surface area contributed by atoms with Crippen molar-refractivity contribution in [2.45, 2.75) is 38.6 Å². The molecule has 1 aromatic carbocycles. The predicted molar refractivity (Wildman–Crippen MR) is 73.2 cm³/mol. The molecule has 1 aliphatic rings. The molecule has 1 aliphatic carbocycles. The molecular weight excluding hydrogens is 240 g/mol. The van der Waals surface area contributed by atoms with Crippen LogP contribution in [0, 0.1) is 0 Å². The minimum atomic E-state index is -0.278. The van der Waals surface area contributed by atoms with Crippen LogP contribution in [-0.2, 0) is 4.74 Å². The highest BCUT2D eigenvalue weighted by Gasteiger charge is 2.19. The van der Waals surface area contributed by atoms with Crippen molar-refractivity contribution >= 4 is 17.0 Å². The Morgan fingerprint density at radius 2 is 2.21 bits per heavy atom. The molecule has 1 saturated carbocycles. The number of imidazole rings is 1. The lowest BCUT2D eigenvalue weighted by Crippen LogP contribution is -2.05. The molecule has 0 saturated heterocycles. The van der Waals surface area contributed by atoms with Gasteiger partial charge in [0.1, 0.15) is 0 Å². The normalized spacial score (nSPS) is 16.1. The zero-order chi connectivity index (χ0) is 13.2. The molecule has 1 fully saturated rings. The molecule has 0 N–H and O–H groups in total. The van der Waals surface area contributed by atoms with Gasteiger partial charge in [0.05, 0.1) is 29.5 Å². The molecule has 4 nitrogen and oxygen atoms in total. The zero-order valence-corrected chi connectivity index (χ0v) is 11.1. The van der Waals surface area contributed by atoms with Crippen molar-refractivity contribution in [3.05, 3.63) is 30.1 Å². The summed E-state index contributed by atoms with van der Waals surface area (Å²) in [7, 11) is 0. The first kappa shape index (κ1) is 12.2. The molecule has 1 aromatic heterocycles. The van der Waals surface area contributed by atoms with Crippen LogP contribution in [0.2, 0.25) is 0 Å². The molecule has 0 atom stereocenters. The highest BCUT2D eigenvalue weighted by molar-refractivity contribution is 5.93. The lowest BCUT2D eigenvalue weighted by molar-refractivity contribution is 0.0526. The highest BCUT2D eigenvalue weighted by atomic mass is 16.5. The summed E-state index contributed by atoms with van der Waals surface area (Å²) in [6.45, 7) is 2.21. The summed E-state index contributed by atoms with van der Waals surface area (Å²) in [5.74, 6) is -0.278. The van der Waals surface area contributed by atoms with Crippen LogP contribution < -0.4 is 0 Å². The van der Waals surface area contributed by atoms with Crippen LogP contribution in [0.15, 0.2) is 24.5 Å². The van der Waals surface area contributed by atoms with Crippen LogP contribution in [0.25, 0.3) is 11.0 Å². The quantitative estimate of drug-likeness (QED) is 0.793. The molecule has 100 valence electrons. The zero-order valence-electron chi connectivity index (χ0n) is 11.1. The van der Waals surface area contributed by atoms with Crippen LogP contribution in [0.5, 0.6) is 0 Å². The van der Waals surface area contributed by atoms with Crippen molar-refractivity contribution in [3.8, 4) is 0 Å². The molecule has 0 bridgehead atoms. The van der Waals surface area contributed by atoms with E-state index in [2.05, 4.69) is 9.55 Å². The fraction of sp³-hybridized carbons (Fsp3) is 0.467. The third kappa shape index (κ3) is 2.23. The van der Waals surface area contributed by atoms with Gasteiger partial charge in [0.15, 0.2) is 0 Å². The number of carbonyl (C=O) groups is 1. The van der Waals surface area contributed by atoms with Gasteiger partial charge in [0.25, 0.3) is 0 Å². The maximum Gasteiger partial charge on any atom is 0.338 e. The lowest BCUT2D eigenvalue weighted by atomic mass is 10.2. The predicted octanol–water partition coefficient (Wildman–Crippen LogP) is 3.33. The topological polar surface area (TPSA) is 44.1 Å². The number of carbonyl (C=O) groups excluding carboxylic acids is 1. The molecule has 4 heteroatoms. The second kappa shape index (κ2) is 5.03. The van der Waals surface area contributed by atoms with E-state index in [0.717, 1.165) is 11.0 Å². The van der Waals surface area contributed by atoms with E-state index in [0.29, 0.717) is 18.2 Å². The number of nitrogens with zero attached hydrogens (tertiary/aromatic N) is 2. The average molecular weight is 258 g/mol. The van der Waals surface area contributed by atoms with Gasteiger partial charge in [-0.25, -0.2) is 9.78 Å². The minimum Gasteiger partial charge on any atom is -0.462 e. The van der Waals surface area contributed by atoms with E-state index >= 15 is 0 Å². The molecule has 0 radical (unpaired) electrons. The number of fused-ring (bicyclic) bond motifs is 1. The third-order valence-corrected chi connectivity index (χ3v) is 3.80. The maximum atomic E-state index is 11.7. The largest absolute Gasteiger partial charge is 0.462 e. The number of aromatic nitrogens is 2. The van der Waals surface area contributed by atoms with E-state index in [9.17, 15) is 4.79 Å². The van der Waals surface area contributed by atoms with Gasteiger partial charge in [-0.15, -0.1) is 0 Å². The minimum absolute atomic E-state index is 0.278. The first-order valence-corrected chi connectivity index (χ1v) is 6.93. The summed E-state index contributed by atoms with van der Waals surface area (Å²) >= 11 is 0. The summed E-state index contributed by atoms with van der Waals surface area (Å²) in [4.78, 5) is 16.1. The van der Waals surface area contributed by atoms with Crippen molar-refractivity contribution in [1.29, 1.82) is 0 Å². The van der Waals surface area contributed by atoms with Crippen molar-refractivity contribution in [2.75, 3.05) is 6.61 Å². The van der Waals surface area contributed by atoms with Gasteiger partial charge in [0.2, 0.25) is 0 Å². The van der Waals surface area contributed by atoms with Crippen LogP contribution in [-0.4, -0.2) is 22.1 Å². The first-order chi connectivity index (χ1) is 9.29. The van der Waals surface area contributed by atoms with Crippen molar-refractivity contribution < 1.29 is 9.53 Å². The molecule has 2 aromatic rings. The summed E-state index contributed by atoms with van der Waals surface area (Å²) in [6.07, 6.45) is 6.95. The fourth-order valence-electron chi connectivity index (χ4n) is 2.85. The number of rotatable bonds is 3. The number of ether oxygens (including phenoxy) is 1. The summed E-state index contributed by atoms with van der Waals surface area (Å²) in [6, 6.07) is 6.19. The Bertz CT molecular complexity index is 597. The average Bonchev–Trinajstić information content (AvgIpc) is 3.06. The molecule has 0 unspecified atom stereocenters. The molecule has 19 heavy (non-hydrogen) atoms. The Labute approximate surface area is 112 Å². The van der Waals surface area contributed by atoms with E-state index in [1.165, 1.54) is 25.7 Å². The third-order valence-electron chi connectivity index (χ3n) is 3.80. The van der Waals surface area contributed by atoms with E-state index in [1.807, 2.05) is 31.5 Å². The van der Waals surface area contributed by atoms with Crippen LogP contribution >= 0.6 is 0 Å². The number of hydrogen-bond donors (Lipinski definition) is 0. The van der Waals surface area contributed by atoms with E-state index in [-0.39, 0.29) is 5.97 Å². The SMILES string of the molecule is CCOC(=O)c1ccc2c(c1)ncn2C1CCCC1. The van der Waals surface area contributed by atoms with E-state index < -0.39 is 0 Å². The Hall–Kier alpha value is -1.84. The van der Waals surface area contributed by atoms with Crippen LogP contribution in [0.1, 0.15) is 49.0 Å². The molecule has 3 rings (SSSR count). The molecule has 0 spiro atoms. The second-order valence-electron chi connectivity index (χ2n) is 5.01. The molecular formula is C15H18N2O2. The van der Waals surface area contributed by atoms with Gasteiger partial charge in [-0.1, -0.05) is 12.8 Å². The fourth-order valence-corrected chi connectivity index (χ4v) is 2.85. The lowest BCUT2D eigenvalue weighted by Gasteiger charge is -2.12. The van der Waals surface area contributed by atoms with Gasteiger partial charge in [-0.2, -0.15) is 0 Å². The van der Waals surface area contributed by atoms with Gasteiger partial charge in [-0.05, 0) is 38.0 Å². The Morgan fingerprint density at radius 3 is 2.95 bits per heavy atom. The number of esters is 1. The van der Waals surface area contributed by atoms with Crippen molar-refractivity contribution in [2.24, 2.45) is 0 Å². The Morgan fingerprint density at radius 1 is 1.42 bits per heavy atom. The van der Waals surface area contributed by atoms with E-state index in [4.69, 9.17) is 4.74 Å². The first-order valence-electron chi connectivity index (χ1n) is 6.93. The van der Waals surface area contributed by atoms with Gasteiger partial charge in [0, 0.05) is 6.04 Å². The summed E-state index contributed by atoms with van der Waals surface area (Å²) in [5, 5.41) is 0. The summed E-state index contributed by atoms with van der Waals surface area (Å²) < 4.78 is 7.26. The molecule has 0 aliphatic heterocycles. The van der Waals surface area contributed by atoms with Crippen molar-refractivity contribution in [3.63, 3.8) is 0 Å². The maximum absolute atomic E-state index is 11.7. The molecule has 1 heterocycles. The number of hydrogen-bond acceptors (Lipinski definition) is 3. The molecule has 0 amide bonds. The van der Waals surface area contributed by atoms with Gasteiger partial charge < -0.3 is 9.30 Å². The Balaban J connectivity index is 1.95. The standard InChI is InChI=1S/C15H18N2O2/c1-2-19-15(18)11-7-8-14-13(9-11)16-10-17(14)12-5-3-4-6-12/h7-10,12H,2-6H2,1H3. The number of benzene rings is 1.